The number of rotatable bonds is 4. The Labute approximate surface area is 102 Å². The summed E-state index contributed by atoms with van der Waals surface area (Å²) in [4.78, 5) is 25.9. The molecule has 1 rings (SSSR count). The molecule has 1 heterocycles. The maximum Gasteiger partial charge on any atom is 0.248 e. The Morgan fingerprint density at radius 1 is 1.29 bits per heavy atom. The Hall–Kier alpha value is -1.13. The normalized spacial score (nSPS) is 28.2. The van der Waals surface area contributed by atoms with Gasteiger partial charge in [-0.25, -0.2) is 0 Å². The third-order valence-electron chi connectivity index (χ3n) is 3.49. The minimum Gasteiger partial charge on any atom is -0.340 e. The van der Waals surface area contributed by atoms with Gasteiger partial charge in [0.1, 0.15) is 11.1 Å². The molecule has 98 valence electrons. The van der Waals surface area contributed by atoms with E-state index in [0.29, 0.717) is 6.42 Å². The molecule has 1 N–H and O–H groups in total. The molecule has 1 unspecified atom stereocenters. The van der Waals surface area contributed by atoms with Gasteiger partial charge in [0.15, 0.2) is 0 Å². The average molecular weight is 244 g/mol. The fourth-order valence-electron chi connectivity index (χ4n) is 2.07. The van der Waals surface area contributed by atoms with Gasteiger partial charge in [0.2, 0.25) is 11.8 Å². The maximum absolute atomic E-state index is 12.3. The Morgan fingerprint density at radius 3 is 2.35 bits per heavy atom. The molecule has 2 amide bonds. The standard InChI is InChI=1S/C12H21FN2O2/c1-5-12(4)9(16)14-11(2,3)10(17)15(12)8-6-7-13/h5-8H2,1-4H3,(H,14,16). The van der Waals surface area contributed by atoms with E-state index in [1.165, 1.54) is 4.90 Å². The molecule has 5 heteroatoms. The van der Waals surface area contributed by atoms with Crippen molar-refractivity contribution in [3.8, 4) is 0 Å². The van der Waals surface area contributed by atoms with Crippen molar-refractivity contribution in [2.45, 2.75) is 51.6 Å². The maximum atomic E-state index is 12.3. The van der Waals surface area contributed by atoms with E-state index < -0.39 is 17.8 Å². The van der Waals surface area contributed by atoms with Crippen LogP contribution in [0.25, 0.3) is 0 Å². The van der Waals surface area contributed by atoms with Crippen LogP contribution in [0.2, 0.25) is 0 Å². The molecule has 0 aliphatic carbocycles. The van der Waals surface area contributed by atoms with Crippen LogP contribution < -0.4 is 5.32 Å². The van der Waals surface area contributed by atoms with E-state index in [1.54, 1.807) is 20.8 Å². The van der Waals surface area contributed by atoms with Crippen LogP contribution in [0.5, 0.6) is 0 Å². The highest BCUT2D eigenvalue weighted by molar-refractivity contribution is 6.01. The third-order valence-corrected chi connectivity index (χ3v) is 3.49. The molecule has 4 nitrogen and oxygen atoms in total. The Kier molecular flexibility index (Phi) is 3.79. The van der Waals surface area contributed by atoms with Gasteiger partial charge in [-0.2, -0.15) is 0 Å². The number of alkyl halides is 1. The molecule has 0 aromatic carbocycles. The monoisotopic (exact) mass is 244 g/mol. The smallest absolute Gasteiger partial charge is 0.248 e. The molecule has 0 bridgehead atoms. The zero-order valence-corrected chi connectivity index (χ0v) is 11.0. The van der Waals surface area contributed by atoms with Crippen LogP contribution in [0.1, 0.15) is 40.5 Å². The molecule has 17 heavy (non-hydrogen) atoms. The number of carbonyl (C=O) groups excluding carboxylic acids is 2. The fraction of sp³-hybridized carbons (Fsp3) is 0.833. The minimum absolute atomic E-state index is 0.144. The van der Waals surface area contributed by atoms with E-state index in [0.717, 1.165) is 0 Å². The number of piperazine rings is 1. The quantitative estimate of drug-likeness (QED) is 0.809. The molecule has 1 fully saturated rings. The average Bonchev–Trinajstić information content (AvgIpc) is 2.26. The first kappa shape index (κ1) is 13.9. The first-order chi connectivity index (χ1) is 7.79. The van der Waals surface area contributed by atoms with E-state index >= 15 is 0 Å². The molecule has 0 aromatic rings. The number of nitrogens with one attached hydrogen (secondary N) is 1. The number of hydrogen-bond donors (Lipinski definition) is 1. The van der Waals surface area contributed by atoms with Crippen molar-refractivity contribution in [2.24, 2.45) is 0 Å². The van der Waals surface area contributed by atoms with E-state index in [-0.39, 0.29) is 24.8 Å². The summed E-state index contributed by atoms with van der Waals surface area (Å²) >= 11 is 0. The number of nitrogens with zero attached hydrogens (tertiary/aromatic N) is 1. The molecule has 1 atom stereocenters. The van der Waals surface area contributed by atoms with E-state index in [2.05, 4.69) is 5.32 Å². The van der Waals surface area contributed by atoms with Gasteiger partial charge in [0, 0.05) is 6.54 Å². The third kappa shape index (κ3) is 2.28. The van der Waals surface area contributed by atoms with Crippen molar-refractivity contribution in [3.63, 3.8) is 0 Å². The summed E-state index contributed by atoms with van der Waals surface area (Å²) in [5.41, 5.74) is -1.76. The summed E-state index contributed by atoms with van der Waals surface area (Å²) < 4.78 is 12.3. The number of carbonyl (C=O) groups is 2. The topological polar surface area (TPSA) is 49.4 Å². The van der Waals surface area contributed by atoms with Crippen LogP contribution in [-0.2, 0) is 9.59 Å². The Bertz CT molecular complexity index is 330. The summed E-state index contributed by atoms with van der Waals surface area (Å²) in [6.07, 6.45) is 0.789. The summed E-state index contributed by atoms with van der Waals surface area (Å²) in [5.74, 6) is -0.307. The molecule has 0 spiro atoms. The molecule has 1 saturated heterocycles. The predicted octanol–water partition coefficient (Wildman–Crippen LogP) is 1.25. The lowest BCUT2D eigenvalue weighted by molar-refractivity contribution is -0.161. The van der Waals surface area contributed by atoms with Crippen LogP contribution in [0.15, 0.2) is 0 Å². The second kappa shape index (κ2) is 4.63. The van der Waals surface area contributed by atoms with Crippen molar-refractivity contribution in [2.75, 3.05) is 13.2 Å². The molecule has 0 saturated carbocycles. The first-order valence-corrected chi connectivity index (χ1v) is 6.00. The molecule has 1 aliphatic heterocycles. The lowest BCUT2D eigenvalue weighted by Gasteiger charge is -2.48. The van der Waals surface area contributed by atoms with E-state index in [9.17, 15) is 14.0 Å². The van der Waals surface area contributed by atoms with Crippen molar-refractivity contribution >= 4 is 11.8 Å². The lowest BCUT2D eigenvalue weighted by Crippen LogP contribution is -2.73. The van der Waals surface area contributed by atoms with Gasteiger partial charge in [-0.15, -0.1) is 0 Å². The second-order valence-electron chi connectivity index (χ2n) is 5.21. The van der Waals surface area contributed by atoms with Gasteiger partial charge in [0.25, 0.3) is 0 Å². The van der Waals surface area contributed by atoms with Crippen LogP contribution in [0, 0.1) is 0 Å². The van der Waals surface area contributed by atoms with Crippen molar-refractivity contribution < 1.29 is 14.0 Å². The summed E-state index contributed by atoms with van der Waals surface area (Å²) in [6, 6.07) is 0. The largest absolute Gasteiger partial charge is 0.340 e. The summed E-state index contributed by atoms with van der Waals surface area (Å²) in [5, 5.41) is 2.73. The van der Waals surface area contributed by atoms with Crippen LogP contribution in [-0.4, -0.2) is 41.0 Å². The Morgan fingerprint density at radius 2 is 1.88 bits per heavy atom. The van der Waals surface area contributed by atoms with Gasteiger partial charge in [0.05, 0.1) is 6.67 Å². The van der Waals surface area contributed by atoms with E-state index in [4.69, 9.17) is 0 Å². The second-order valence-corrected chi connectivity index (χ2v) is 5.21. The first-order valence-electron chi connectivity index (χ1n) is 6.00. The highest BCUT2D eigenvalue weighted by Crippen LogP contribution is 2.28. The van der Waals surface area contributed by atoms with Gasteiger partial charge in [-0.3, -0.25) is 14.0 Å². The number of amides is 2. The van der Waals surface area contributed by atoms with Crippen LogP contribution in [0.3, 0.4) is 0 Å². The molecular weight excluding hydrogens is 223 g/mol. The van der Waals surface area contributed by atoms with Crippen molar-refractivity contribution in [1.82, 2.24) is 10.2 Å². The van der Waals surface area contributed by atoms with Gasteiger partial charge in [-0.05, 0) is 33.6 Å². The fourth-order valence-corrected chi connectivity index (χ4v) is 2.07. The molecule has 1 aliphatic rings. The predicted molar refractivity (Wildman–Crippen MR) is 63.2 cm³/mol. The van der Waals surface area contributed by atoms with Crippen molar-refractivity contribution in [3.05, 3.63) is 0 Å². The zero-order valence-electron chi connectivity index (χ0n) is 11.0. The number of halogens is 1. The summed E-state index contributed by atoms with van der Waals surface area (Å²) in [6.45, 7) is 6.74. The summed E-state index contributed by atoms with van der Waals surface area (Å²) in [7, 11) is 0. The highest BCUT2D eigenvalue weighted by Gasteiger charge is 2.51. The SMILES string of the molecule is CCC1(C)C(=O)NC(C)(C)C(=O)N1CCCF. The van der Waals surface area contributed by atoms with Crippen LogP contribution >= 0.6 is 0 Å². The minimum atomic E-state index is -0.901. The van der Waals surface area contributed by atoms with Gasteiger partial charge >= 0.3 is 0 Å². The molecular formula is C12H21FN2O2. The lowest BCUT2D eigenvalue weighted by atomic mass is 9.86. The van der Waals surface area contributed by atoms with Crippen molar-refractivity contribution in [1.29, 1.82) is 0 Å². The zero-order chi connectivity index (χ0) is 13.3. The van der Waals surface area contributed by atoms with E-state index in [1.807, 2.05) is 6.92 Å². The van der Waals surface area contributed by atoms with Gasteiger partial charge in [-0.1, -0.05) is 6.92 Å². The molecule has 0 aromatic heterocycles. The Balaban J connectivity index is 3.05. The highest BCUT2D eigenvalue weighted by atomic mass is 19.1. The number of hydrogen-bond acceptors (Lipinski definition) is 2. The van der Waals surface area contributed by atoms with Crippen LogP contribution in [0.4, 0.5) is 4.39 Å². The van der Waals surface area contributed by atoms with Gasteiger partial charge < -0.3 is 10.2 Å². The molecule has 0 radical (unpaired) electrons.